The van der Waals surface area contributed by atoms with E-state index in [1.807, 2.05) is 24.3 Å². The fraction of sp³-hybridized carbons (Fsp3) is 0.182. The molecule has 3 heterocycles. The molecule has 5 nitrogen and oxygen atoms in total. The number of benzene rings is 2. The van der Waals surface area contributed by atoms with Gasteiger partial charge >= 0.3 is 0 Å². The molecule has 0 bridgehead atoms. The van der Waals surface area contributed by atoms with Gasteiger partial charge < -0.3 is 14.3 Å². The number of para-hydroxylation sites is 1. The summed E-state index contributed by atoms with van der Waals surface area (Å²) in [7, 11) is 0. The van der Waals surface area contributed by atoms with E-state index in [2.05, 4.69) is 9.97 Å². The van der Waals surface area contributed by atoms with Crippen molar-refractivity contribution in [2.45, 2.75) is 19.4 Å². The van der Waals surface area contributed by atoms with Gasteiger partial charge in [-0.15, -0.1) is 0 Å². The van der Waals surface area contributed by atoms with Gasteiger partial charge in [0.25, 0.3) is 5.91 Å². The van der Waals surface area contributed by atoms with Crippen molar-refractivity contribution in [3.8, 4) is 0 Å². The van der Waals surface area contributed by atoms with E-state index in [1.165, 1.54) is 12.5 Å². The van der Waals surface area contributed by atoms with Crippen LogP contribution in [0.15, 0.2) is 53.3 Å². The average molecular weight is 410 g/mol. The standard InChI is InChI=1S/C22H17ClFN3O2/c1-12-21(29-11-25-12)22(28)27-10-9-14-13-5-2-3-8-17(13)26-19(14)20(27)18-15(23)6-4-7-16(18)24/h2-8,11,20,26H,9-10H2,1H3. The molecule has 0 saturated carbocycles. The predicted molar refractivity (Wildman–Crippen MR) is 108 cm³/mol. The third kappa shape index (κ3) is 2.75. The Balaban J connectivity index is 1.74. The molecule has 0 aliphatic carbocycles. The Kier molecular flexibility index (Phi) is 4.17. The fourth-order valence-corrected chi connectivity index (χ4v) is 4.44. The van der Waals surface area contributed by atoms with E-state index in [1.54, 1.807) is 24.0 Å². The molecule has 1 aliphatic heterocycles. The van der Waals surface area contributed by atoms with Gasteiger partial charge in [-0.2, -0.15) is 0 Å². The zero-order valence-electron chi connectivity index (χ0n) is 15.6. The number of nitrogens with zero attached hydrogens (tertiary/aromatic N) is 2. The van der Waals surface area contributed by atoms with Gasteiger partial charge in [-0.1, -0.05) is 35.9 Å². The van der Waals surface area contributed by atoms with E-state index >= 15 is 0 Å². The minimum absolute atomic E-state index is 0.155. The summed E-state index contributed by atoms with van der Waals surface area (Å²) >= 11 is 6.43. The van der Waals surface area contributed by atoms with Crippen LogP contribution in [0.3, 0.4) is 0 Å². The van der Waals surface area contributed by atoms with Crippen molar-refractivity contribution < 1.29 is 13.6 Å². The van der Waals surface area contributed by atoms with E-state index < -0.39 is 11.9 Å². The molecule has 0 spiro atoms. The summed E-state index contributed by atoms with van der Waals surface area (Å²) in [5, 5.41) is 1.34. The van der Waals surface area contributed by atoms with Crippen LogP contribution < -0.4 is 0 Å². The number of nitrogens with one attached hydrogen (secondary N) is 1. The molecule has 1 N–H and O–H groups in total. The Bertz CT molecular complexity index is 1230. The second-order valence-electron chi connectivity index (χ2n) is 7.12. The summed E-state index contributed by atoms with van der Waals surface area (Å²) in [6.07, 6.45) is 1.88. The van der Waals surface area contributed by atoms with Crippen LogP contribution in [0.25, 0.3) is 10.9 Å². The molecule has 4 aromatic rings. The smallest absolute Gasteiger partial charge is 0.292 e. The van der Waals surface area contributed by atoms with E-state index in [-0.39, 0.29) is 22.3 Å². The number of halogens is 2. The van der Waals surface area contributed by atoms with Crippen molar-refractivity contribution in [2.24, 2.45) is 0 Å². The Morgan fingerprint density at radius 1 is 1.28 bits per heavy atom. The molecule has 146 valence electrons. The van der Waals surface area contributed by atoms with Crippen LogP contribution in [0.4, 0.5) is 4.39 Å². The maximum Gasteiger partial charge on any atom is 0.292 e. The Morgan fingerprint density at radius 3 is 2.86 bits per heavy atom. The SMILES string of the molecule is Cc1ncoc1C(=O)N1CCc2c([nH]c3ccccc23)C1c1c(F)cccc1Cl. The fourth-order valence-electron chi connectivity index (χ4n) is 4.17. The molecular weight excluding hydrogens is 393 g/mol. The molecule has 1 atom stereocenters. The first-order valence-corrected chi connectivity index (χ1v) is 9.68. The third-order valence-electron chi connectivity index (χ3n) is 5.51. The monoisotopic (exact) mass is 409 g/mol. The summed E-state index contributed by atoms with van der Waals surface area (Å²) in [6.45, 7) is 2.11. The van der Waals surface area contributed by atoms with Gasteiger partial charge in [0.2, 0.25) is 5.76 Å². The van der Waals surface area contributed by atoms with Crippen molar-refractivity contribution in [3.63, 3.8) is 0 Å². The highest BCUT2D eigenvalue weighted by molar-refractivity contribution is 6.31. The Hall–Kier alpha value is -3.12. The molecule has 0 radical (unpaired) electrons. The highest BCUT2D eigenvalue weighted by atomic mass is 35.5. The molecular formula is C22H17ClFN3O2. The summed E-state index contributed by atoms with van der Waals surface area (Å²) in [4.78, 5) is 22.4. The zero-order valence-corrected chi connectivity index (χ0v) is 16.3. The first-order chi connectivity index (χ1) is 14.1. The molecule has 1 aliphatic rings. The maximum atomic E-state index is 15.0. The molecule has 2 aromatic carbocycles. The predicted octanol–water partition coefficient (Wildman–Crippen LogP) is 5.04. The summed E-state index contributed by atoms with van der Waals surface area (Å²) in [6, 6.07) is 11.8. The number of hydrogen-bond acceptors (Lipinski definition) is 3. The van der Waals surface area contributed by atoms with Gasteiger partial charge in [0.05, 0.1) is 5.69 Å². The Morgan fingerprint density at radius 2 is 2.10 bits per heavy atom. The largest absolute Gasteiger partial charge is 0.438 e. The summed E-state index contributed by atoms with van der Waals surface area (Å²) < 4.78 is 20.3. The van der Waals surface area contributed by atoms with Crippen LogP contribution in [-0.4, -0.2) is 27.3 Å². The van der Waals surface area contributed by atoms with Crippen LogP contribution in [0.5, 0.6) is 0 Å². The average Bonchev–Trinajstić information content (AvgIpc) is 3.31. The lowest BCUT2D eigenvalue weighted by molar-refractivity contribution is 0.0656. The van der Waals surface area contributed by atoms with E-state index in [9.17, 15) is 9.18 Å². The van der Waals surface area contributed by atoms with Crippen molar-refractivity contribution in [1.29, 1.82) is 0 Å². The second kappa shape index (κ2) is 6.74. The number of carbonyl (C=O) groups excluding carboxylic acids is 1. The van der Waals surface area contributed by atoms with Crippen LogP contribution in [0, 0.1) is 12.7 Å². The first-order valence-electron chi connectivity index (χ1n) is 9.30. The number of carbonyl (C=O) groups is 1. The zero-order chi connectivity index (χ0) is 20.1. The Labute approximate surface area is 171 Å². The first kappa shape index (κ1) is 17.9. The molecule has 1 amide bonds. The van der Waals surface area contributed by atoms with Crippen molar-refractivity contribution in [2.75, 3.05) is 6.54 Å². The number of oxazole rings is 1. The number of aromatic amines is 1. The van der Waals surface area contributed by atoms with Gasteiger partial charge in [0, 0.05) is 33.7 Å². The summed E-state index contributed by atoms with van der Waals surface area (Å²) in [5.74, 6) is -0.642. The minimum Gasteiger partial charge on any atom is -0.438 e. The number of amides is 1. The quantitative estimate of drug-likeness (QED) is 0.504. The van der Waals surface area contributed by atoms with E-state index in [0.29, 0.717) is 18.7 Å². The van der Waals surface area contributed by atoms with E-state index in [0.717, 1.165) is 22.2 Å². The number of rotatable bonds is 2. The van der Waals surface area contributed by atoms with Crippen LogP contribution in [0.1, 0.15) is 39.1 Å². The number of aromatic nitrogens is 2. The maximum absolute atomic E-state index is 15.0. The van der Waals surface area contributed by atoms with Gasteiger partial charge in [-0.05, 0) is 37.1 Å². The number of hydrogen-bond donors (Lipinski definition) is 1. The van der Waals surface area contributed by atoms with Crippen molar-refractivity contribution in [3.05, 3.63) is 88.0 Å². The number of fused-ring (bicyclic) bond motifs is 3. The highest BCUT2D eigenvalue weighted by Crippen LogP contribution is 2.42. The van der Waals surface area contributed by atoms with Crippen LogP contribution in [0.2, 0.25) is 5.02 Å². The lowest BCUT2D eigenvalue weighted by Crippen LogP contribution is -2.41. The van der Waals surface area contributed by atoms with Gasteiger partial charge in [-0.3, -0.25) is 4.79 Å². The molecule has 29 heavy (non-hydrogen) atoms. The lowest BCUT2D eigenvalue weighted by Gasteiger charge is -2.36. The van der Waals surface area contributed by atoms with Crippen molar-refractivity contribution >= 4 is 28.4 Å². The van der Waals surface area contributed by atoms with Gasteiger partial charge in [0.1, 0.15) is 11.9 Å². The van der Waals surface area contributed by atoms with Gasteiger partial charge in [-0.25, -0.2) is 9.37 Å². The van der Waals surface area contributed by atoms with Crippen molar-refractivity contribution in [1.82, 2.24) is 14.9 Å². The summed E-state index contributed by atoms with van der Waals surface area (Å²) in [5.41, 5.74) is 3.56. The molecule has 1 unspecified atom stereocenters. The molecule has 0 fully saturated rings. The number of aryl methyl sites for hydroxylation is 1. The van der Waals surface area contributed by atoms with Crippen LogP contribution >= 0.6 is 11.6 Å². The lowest BCUT2D eigenvalue weighted by atomic mass is 9.91. The molecule has 7 heteroatoms. The minimum atomic E-state index is -0.697. The van der Waals surface area contributed by atoms with E-state index in [4.69, 9.17) is 16.0 Å². The van der Waals surface area contributed by atoms with Gasteiger partial charge in [0.15, 0.2) is 6.39 Å². The third-order valence-corrected chi connectivity index (χ3v) is 5.84. The molecule has 2 aromatic heterocycles. The number of H-pyrrole nitrogens is 1. The second-order valence-corrected chi connectivity index (χ2v) is 7.52. The molecule has 5 rings (SSSR count). The normalized spacial score (nSPS) is 16.2. The topological polar surface area (TPSA) is 62.1 Å². The molecule has 0 saturated heterocycles. The highest BCUT2D eigenvalue weighted by Gasteiger charge is 2.38. The van der Waals surface area contributed by atoms with Crippen LogP contribution in [-0.2, 0) is 6.42 Å².